The zero-order chi connectivity index (χ0) is 21.8. The number of amidine groups is 1. The van der Waals surface area contributed by atoms with Gasteiger partial charge in [0, 0.05) is 10.0 Å². The molecule has 0 aliphatic carbocycles. The van der Waals surface area contributed by atoms with Crippen molar-refractivity contribution in [3.63, 3.8) is 0 Å². The molecule has 0 saturated carbocycles. The van der Waals surface area contributed by atoms with Crippen LogP contribution in [0.4, 0.5) is 5.69 Å². The second kappa shape index (κ2) is 9.18. The lowest BCUT2D eigenvalue weighted by atomic mass is 10.1. The molecule has 0 saturated heterocycles. The van der Waals surface area contributed by atoms with Crippen LogP contribution in [0.1, 0.15) is 18.1 Å². The maximum atomic E-state index is 13.4. The van der Waals surface area contributed by atoms with E-state index in [-0.39, 0.29) is 5.91 Å². The molecule has 5 nitrogen and oxygen atoms in total. The van der Waals surface area contributed by atoms with Gasteiger partial charge in [-0.25, -0.2) is 4.99 Å². The highest BCUT2D eigenvalue weighted by Crippen LogP contribution is 2.30. The number of ether oxygens (including phenoxy) is 2. The number of amides is 1. The predicted octanol–water partition coefficient (Wildman–Crippen LogP) is 5.69. The second-order valence-corrected chi connectivity index (χ2v) is 7.73. The molecule has 156 valence electrons. The minimum absolute atomic E-state index is 0.185. The summed E-state index contributed by atoms with van der Waals surface area (Å²) < 4.78 is 11.7. The van der Waals surface area contributed by atoms with E-state index in [0.717, 1.165) is 32.8 Å². The molecule has 31 heavy (non-hydrogen) atoms. The molecule has 1 aliphatic heterocycles. The highest BCUT2D eigenvalue weighted by molar-refractivity contribution is 9.10. The van der Waals surface area contributed by atoms with Gasteiger partial charge in [-0.05, 0) is 79.2 Å². The van der Waals surface area contributed by atoms with E-state index in [1.807, 2.05) is 79.7 Å². The monoisotopic (exact) mass is 476 g/mol. The highest BCUT2D eigenvalue weighted by atomic mass is 79.9. The fourth-order valence-corrected chi connectivity index (χ4v) is 3.72. The number of nitrogens with zero attached hydrogens (tertiary/aromatic N) is 2. The van der Waals surface area contributed by atoms with Gasteiger partial charge in [0.25, 0.3) is 5.91 Å². The number of carbonyl (C=O) groups excluding carboxylic acids is 1. The topological polar surface area (TPSA) is 51.1 Å². The van der Waals surface area contributed by atoms with Crippen molar-refractivity contribution >= 4 is 39.4 Å². The fraction of sp³-hybridized carbons (Fsp3) is 0.120. The minimum atomic E-state index is -0.185. The van der Waals surface area contributed by atoms with Crippen LogP contribution in [0.25, 0.3) is 6.08 Å². The normalized spacial score (nSPS) is 14.7. The smallest absolute Gasteiger partial charge is 0.282 e. The van der Waals surface area contributed by atoms with Crippen LogP contribution in [0, 0.1) is 0 Å². The van der Waals surface area contributed by atoms with Gasteiger partial charge in [0.15, 0.2) is 0 Å². The Hall–Kier alpha value is -3.38. The van der Waals surface area contributed by atoms with E-state index in [0.29, 0.717) is 18.1 Å². The highest BCUT2D eigenvalue weighted by Gasteiger charge is 2.32. The zero-order valence-corrected chi connectivity index (χ0v) is 18.8. The van der Waals surface area contributed by atoms with E-state index in [2.05, 4.69) is 15.9 Å². The number of hydrogen-bond donors (Lipinski definition) is 0. The van der Waals surface area contributed by atoms with Gasteiger partial charge in [0.2, 0.25) is 0 Å². The number of rotatable bonds is 6. The van der Waals surface area contributed by atoms with Gasteiger partial charge in [0.05, 0.1) is 19.4 Å². The number of aliphatic imine (C=N–C) groups is 1. The SMILES string of the molecule is CCOc1ccc(N2C(=O)/C(=C\c3cccc(Br)c3)N=C2c2ccc(OC)cc2)cc1. The Kier molecular flexibility index (Phi) is 6.18. The first-order valence-electron chi connectivity index (χ1n) is 9.86. The lowest BCUT2D eigenvalue weighted by Gasteiger charge is -2.19. The van der Waals surface area contributed by atoms with Crippen LogP contribution in [0.15, 0.2) is 88.0 Å². The molecule has 0 N–H and O–H groups in total. The van der Waals surface area contributed by atoms with Crippen LogP contribution in [-0.4, -0.2) is 25.5 Å². The van der Waals surface area contributed by atoms with Gasteiger partial charge in [-0.2, -0.15) is 0 Å². The molecule has 6 heteroatoms. The lowest BCUT2D eigenvalue weighted by molar-refractivity contribution is -0.113. The molecule has 0 aromatic heterocycles. The predicted molar refractivity (Wildman–Crippen MR) is 127 cm³/mol. The Morgan fingerprint density at radius 1 is 1.00 bits per heavy atom. The summed E-state index contributed by atoms with van der Waals surface area (Å²) in [5.74, 6) is 1.88. The largest absolute Gasteiger partial charge is 0.497 e. The number of hydrogen-bond acceptors (Lipinski definition) is 4. The van der Waals surface area contributed by atoms with E-state index >= 15 is 0 Å². The molecular formula is C25H21BrN2O3. The van der Waals surface area contributed by atoms with Gasteiger partial charge < -0.3 is 9.47 Å². The quantitative estimate of drug-likeness (QED) is 0.429. The molecular weight excluding hydrogens is 456 g/mol. The van der Waals surface area contributed by atoms with Crippen molar-refractivity contribution in [2.45, 2.75) is 6.92 Å². The second-order valence-electron chi connectivity index (χ2n) is 6.82. The van der Waals surface area contributed by atoms with Gasteiger partial charge in [-0.3, -0.25) is 9.69 Å². The summed E-state index contributed by atoms with van der Waals surface area (Å²) >= 11 is 3.47. The van der Waals surface area contributed by atoms with E-state index in [1.54, 1.807) is 18.1 Å². The third kappa shape index (κ3) is 4.54. The van der Waals surface area contributed by atoms with Crippen molar-refractivity contribution in [1.82, 2.24) is 0 Å². The van der Waals surface area contributed by atoms with Gasteiger partial charge >= 0.3 is 0 Å². The molecule has 0 radical (unpaired) electrons. The summed E-state index contributed by atoms with van der Waals surface area (Å²) in [5.41, 5.74) is 2.81. The third-order valence-electron chi connectivity index (χ3n) is 4.77. The maximum absolute atomic E-state index is 13.4. The van der Waals surface area contributed by atoms with Crippen molar-refractivity contribution in [2.75, 3.05) is 18.6 Å². The molecule has 3 aromatic rings. The summed E-state index contributed by atoms with van der Waals surface area (Å²) in [7, 11) is 1.62. The van der Waals surface area contributed by atoms with E-state index < -0.39 is 0 Å². The molecule has 3 aromatic carbocycles. The Bertz CT molecular complexity index is 1150. The van der Waals surface area contributed by atoms with E-state index in [1.165, 1.54) is 0 Å². The van der Waals surface area contributed by atoms with E-state index in [9.17, 15) is 4.79 Å². The van der Waals surface area contributed by atoms with Crippen molar-refractivity contribution in [3.8, 4) is 11.5 Å². The average molecular weight is 477 g/mol. The lowest BCUT2D eigenvalue weighted by Crippen LogP contribution is -2.32. The molecule has 0 spiro atoms. The number of anilines is 1. The fourth-order valence-electron chi connectivity index (χ4n) is 3.30. The first kappa shape index (κ1) is 20.9. The number of carbonyl (C=O) groups is 1. The summed E-state index contributed by atoms with van der Waals surface area (Å²) in [6.07, 6.45) is 1.80. The zero-order valence-electron chi connectivity index (χ0n) is 17.2. The molecule has 0 bridgehead atoms. The summed E-state index contributed by atoms with van der Waals surface area (Å²) in [6, 6.07) is 22.7. The van der Waals surface area contributed by atoms with Crippen LogP contribution in [0.5, 0.6) is 11.5 Å². The summed E-state index contributed by atoms with van der Waals surface area (Å²) in [6.45, 7) is 2.52. The Balaban J connectivity index is 1.77. The molecule has 4 rings (SSSR count). The number of benzene rings is 3. The van der Waals surface area contributed by atoms with Crippen LogP contribution < -0.4 is 14.4 Å². The molecule has 1 amide bonds. The Morgan fingerprint density at radius 2 is 1.71 bits per heavy atom. The Morgan fingerprint density at radius 3 is 2.35 bits per heavy atom. The van der Waals surface area contributed by atoms with Gasteiger partial charge in [-0.1, -0.05) is 28.1 Å². The van der Waals surface area contributed by atoms with Crippen LogP contribution in [0.2, 0.25) is 0 Å². The standard InChI is InChI=1S/C25H21BrN2O3/c1-3-31-22-13-9-20(10-14-22)28-24(18-7-11-21(30-2)12-8-18)27-23(25(28)29)16-17-5-4-6-19(26)15-17/h4-16H,3H2,1-2H3/b23-16+. The van der Waals surface area contributed by atoms with Crippen molar-refractivity contribution in [2.24, 2.45) is 4.99 Å². The van der Waals surface area contributed by atoms with Gasteiger partial charge in [0.1, 0.15) is 23.0 Å². The molecule has 1 heterocycles. The van der Waals surface area contributed by atoms with Crippen molar-refractivity contribution in [3.05, 3.63) is 94.1 Å². The minimum Gasteiger partial charge on any atom is -0.497 e. The van der Waals surface area contributed by atoms with Crippen LogP contribution in [-0.2, 0) is 4.79 Å². The summed E-state index contributed by atoms with van der Waals surface area (Å²) in [4.78, 5) is 19.7. The summed E-state index contributed by atoms with van der Waals surface area (Å²) in [5, 5.41) is 0. The first-order valence-corrected chi connectivity index (χ1v) is 10.7. The molecule has 1 aliphatic rings. The molecule has 0 fully saturated rings. The molecule has 0 unspecified atom stereocenters. The van der Waals surface area contributed by atoms with Crippen LogP contribution in [0.3, 0.4) is 0 Å². The molecule has 0 atom stereocenters. The number of methoxy groups -OCH3 is 1. The van der Waals surface area contributed by atoms with Crippen molar-refractivity contribution in [1.29, 1.82) is 0 Å². The number of halogens is 1. The third-order valence-corrected chi connectivity index (χ3v) is 5.26. The van der Waals surface area contributed by atoms with Crippen molar-refractivity contribution < 1.29 is 14.3 Å². The van der Waals surface area contributed by atoms with E-state index in [4.69, 9.17) is 14.5 Å². The van der Waals surface area contributed by atoms with Gasteiger partial charge in [-0.15, -0.1) is 0 Å². The average Bonchev–Trinajstić information content (AvgIpc) is 3.10. The maximum Gasteiger partial charge on any atom is 0.282 e. The van der Waals surface area contributed by atoms with Crippen LogP contribution >= 0.6 is 15.9 Å². The Labute approximate surface area is 189 Å². The first-order chi connectivity index (χ1) is 15.1.